The quantitative estimate of drug-likeness (QED) is 0.279. The van der Waals surface area contributed by atoms with Crippen molar-refractivity contribution in [1.29, 1.82) is 0 Å². The number of aromatic hydroxyl groups is 1. The molecule has 132 valence electrons. The van der Waals surface area contributed by atoms with Crippen LogP contribution < -0.4 is 10.2 Å². The van der Waals surface area contributed by atoms with Crippen LogP contribution in [0.15, 0.2) is 17.2 Å². The molecule has 0 fully saturated rings. The molecule has 0 atom stereocenters. The lowest BCUT2D eigenvalue weighted by Gasteiger charge is -2.06. The maximum atomic E-state index is 13.4. The van der Waals surface area contributed by atoms with Crippen molar-refractivity contribution < 1.29 is 32.3 Å². The molecular weight excluding hydrogens is 352 g/mol. The molecule has 2 rings (SSSR count). The lowest BCUT2D eigenvalue weighted by Crippen LogP contribution is -2.06. The molecule has 2 aromatic rings. The Balaban J connectivity index is 2.35. The van der Waals surface area contributed by atoms with Gasteiger partial charge in [0.1, 0.15) is 5.69 Å². The van der Waals surface area contributed by atoms with Crippen molar-refractivity contribution in [3.8, 4) is 11.5 Å². The van der Waals surface area contributed by atoms with E-state index >= 15 is 0 Å². The Kier molecular flexibility index (Phi) is 5.00. The monoisotopic (exact) mass is 360 g/mol. The first-order valence-corrected chi connectivity index (χ1v) is 6.30. The maximum Gasteiger partial charge on any atom is 0.315 e. The van der Waals surface area contributed by atoms with E-state index in [0.717, 1.165) is 25.5 Å². The second kappa shape index (κ2) is 6.98. The fraction of sp³-hybridized carbons (Fsp3) is 0.0769. The molecule has 8 nitrogen and oxygen atoms in total. The normalized spacial score (nSPS) is 10.9. The highest BCUT2D eigenvalue weighted by molar-refractivity contribution is 5.83. The Bertz CT molecular complexity index is 850. The van der Waals surface area contributed by atoms with Gasteiger partial charge in [-0.15, -0.1) is 0 Å². The van der Waals surface area contributed by atoms with Crippen molar-refractivity contribution in [1.82, 2.24) is 4.98 Å². The van der Waals surface area contributed by atoms with E-state index in [9.17, 15) is 32.8 Å². The molecule has 1 aromatic heterocycles. The van der Waals surface area contributed by atoms with E-state index in [0.29, 0.717) is 0 Å². The van der Waals surface area contributed by atoms with Crippen LogP contribution in [0.4, 0.5) is 28.9 Å². The molecule has 12 heteroatoms. The number of rotatable bonds is 5. The Morgan fingerprint density at radius 3 is 2.40 bits per heavy atom. The molecule has 25 heavy (non-hydrogen) atoms. The number of phenolic OH excluding ortho intramolecular Hbond substituents is 1. The average Bonchev–Trinajstić information content (AvgIpc) is 2.57. The lowest BCUT2D eigenvalue weighted by atomic mass is 10.2. The largest absolute Gasteiger partial charge is 0.500 e. The van der Waals surface area contributed by atoms with E-state index < -0.39 is 45.6 Å². The summed E-state index contributed by atoms with van der Waals surface area (Å²) in [6, 6.07) is 2.03. The molecule has 1 aromatic carbocycles. The lowest BCUT2D eigenvalue weighted by molar-refractivity contribution is -0.386. The second-order valence-corrected chi connectivity index (χ2v) is 4.41. The molecule has 0 unspecified atom stereocenters. The summed E-state index contributed by atoms with van der Waals surface area (Å²) in [5.74, 6) is -8.34. The summed E-state index contributed by atoms with van der Waals surface area (Å²) < 4.78 is 57.4. The zero-order valence-electron chi connectivity index (χ0n) is 12.3. The summed E-state index contributed by atoms with van der Waals surface area (Å²) in [5, 5.41) is 23.8. The van der Waals surface area contributed by atoms with E-state index in [1.165, 1.54) is 0 Å². The number of phenols is 1. The Labute approximate surface area is 136 Å². The number of benzene rings is 1. The van der Waals surface area contributed by atoms with Crippen LogP contribution in [0.1, 0.15) is 5.56 Å². The Morgan fingerprint density at radius 2 is 1.88 bits per heavy atom. The maximum absolute atomic E-state index is 13.4. The first kappa shape index (κ1) is 17.9. The minimum absolute atomic E-state index is 0.00957. The van der Waals surface area contributed by atoms with Crippen LogP contribution in [0.3, 0.4) is 0 Å². The van der Waals surface area contributed by atoms with Gasteiger partial charge in [-0.2, -0.15) is 27.6 Å². The van der Waals surface area contributed by atoms with Gasteiger partial charge in [0.2, 0.25) is 17.4 Å². The highest BCUT2D eigenvalue weighted by atomic mass is 19.2. The van der Waals surface area contributed by atoms with Crippen LogP contribution in [-0.4, -0.2) is 28.3 Å². The van der Waals surface area contributed by atoms with E-state index in [2.05, 4.69) is 10.1 Å². The van der Waals surface area contributed by atoms with Gasteiger partial charge in [-0.25, -0.2) is 0 Å². The number of halogens is 4. The van der Waals surface area contributed by atoms with Crippen molar-refractivity contribution in [3.05, 3.63) is 51.3 Å². The van der Waals surface area contributed by atoms with Gasteiger partial charge in [-0.3, -0.25) is 15.5 Å². The smallest absolute Gasteiger partial charge is 0.315 e. The van der Waals surface area contributed by atoms with Gasteiger partial charge in [0, 0.05) is 11.6 Å². The first-order valence-electron chi connectivity index (χ1n) is 6.30. The molecule has 0 aliphatic heterocycles. The molecule has 2 N–H and O–H groups in total. The number of hydrogen-bond donors (Lipinski definition) is 2. The third-order valence-corrected chi connectivity index (χ3v) is 2.88. The summed E-state index contributed by atoms with van der Waals surface area (Å²) in [7, 11) is 1.14. The highest BCUT2D eigenvalue weighted by Crippen LogP contribution is 2.36. The second-order valence-electron chi connectivity index (χ2n) is 4.41. The van der Waals surface area contributed by atoms with Crippen LogP contribution in [0.5, 0.6) is 11.5 Å². The van der Waals surface area contributed by atoms with E-state index in [1.807, 2.05) is 0 Å². The number of pyridine rings is 1. The van der Waals surface area contributed by atoms with Gasteiger partial charge in [-0.1, -0.05) is 0 Å². The van der Waals surface area contributed by atoms with Crippen LogP contribution in [-0.2, 0) is 0 Å². The van der Waals surface area contributed by atoms with Crippen molar-refractivity contribution >= 4 is 17.6 Å². The molecular formula is C13H8F4N4O4. The summed E-state index contributed by atoms with van der Waals surface area (Å²) in [4.78, 5) is 12.3. The Hall–Kier alpha value is -3.44. The summed E-state index contributed by atoms with van der Waals surface area (Å²) in [6.45, 7) is 0. The van der Waals surface area contributed by atoms with Gasteiger partial charge in [0.05, 0.1) is 18.2 Å². The minimum Gasteiger partial charge on any atom is -0.500 e. The van der Waals surface area contributed by atoms with Gasteiger partial charge >= 0.3 is 5.69 Å². The molecule has 0 saturated heterocycles. The van der Waals surface area contributed by atoms with E-state index in [4.69, 9.17) is 4.74 Å². The van der Waals surface area contributed by atoms with Crippen molar-refractivity contribution in [2.24, 2.45) is 5.10 Å². The number of nitrogens with one attached hydrogen (secondary N) is 1. The fourth-order valence-electron chi connectivity index (χ4n) is 1.74. The predicted molar refractivity (Wildman–Crippen MR) is 76.6 cm³/mol. The molecule has 0 saturated carbocycles. The average molecular weight is 360 g/mol. The number of nitro benzene ring substituents is 1. The van der Waals surface area contributed by atoms with Gasteiger partial charge in [-0.05, 0) is 6.07 Å². The topological polar surface area (TPSA) is 110 Å². The number of anilines is 1. The molecule has 0 bridgehead atoms. The number of hydrogen-bond acceptors (Lipinski definition) is 7. The summed E-state index contributed by atoms with van der Waals surface area (Å²) in [5.41, 5.74) is -0.215. The SMILES string of the molecule is COc1cc(/C=N/Nc2c(F)c(F)nc(F)c2F)cc([N+](=O)[O-])c1O. The number of methoxy groups -OCH3 is 1. The number of hydrazone groups is 1. The standard InChI is InChI=1S/C13H8F4N4O4/c1-25-7-3-5(2-6(11(7)22)21(23)24)4-18-20-10-8(14)12(16)19-13(17)9(10)15/h2-4,22H,1H3,(H,19,20)/b18-4+. The molecule has 0 amide bonds. The number of aromatic nitrogens is 1. The van der Waals surface area contributed by atoms with Gasteiger partial charge in [0.25, 0.3) is 11.9 Å². The van der Waals surface area contributed by atoms with E-state index in [-0.39, 0.29) is 11.3 Å². The highest BCUT2D eigenvalue weighted by Gasteiger charge is 2.21. The molecule has 1 heterocycles. The van der Waals surface area contributed by atoms with Crippen LogP contribution in [0.25, 0.3) is 0 Å². The molecule has 0 radical (unpaired) electrons. The number of nitrogens with zero attached hydrogens (tertiary/aromatic N) is 3. The minimum atomic E-state index is -1.88. The molecule has 0 spiro atoms. The third-order valence-electron chi connectivity index (χ3n) is 2.88. The van der Waals surface area contributed by atoms with Crippen molar-refractivity contribution in [2.45, 2.75) is 0 Å². The van der Waals surface area contributed by atoms with E-state index in [1.54, 1.807) is 5.43 Å². The van der Waals surface area contributed by atoms with Crippen LogP contribution in [0, 0.1) is 33.6 Å². The first-order chi connectivity index (χ1) is 11.8. The summed E-state index contributed by atoms with van der Waals surface area (Å²) >= 11 is 0. The molecule has 0 aliphatic carbocycles. The van der Waals surface area contributed by atoms with Crippen LogP contribution in [0.2, 0.25) is 0 Å². The van der Waals surface area contributed by atoms with Gasteiger partial charge in [0.15, 0.2) is 5.75 Å². The van der Waals surface area contributed by atoms with Crippen molar-refractivity contribution in [3.63, 3.8) is 0 Å². The van der Waals surface area contributed by atoms with Crippen LogP contribution >= 0.6 is 0 Å². The van der Waals surface area contributed by atoms with Crippen molar-refractivity contribution in [2.75, 3.05) is 12.5 Å². The number of ether oxygens (including phenoxy) is 1. The zero-order chi connectivity index (χ0) is 18.7. The predicted octanol–water partition coefficient (Wildman–Crippen LogP) is 2.71. The third kappa shape index (κ3) is 3.57. The molecule has 0 aliphatic rings. The number of nitro groups is 1. The summed E-state index contributed by atoms with van der Waals surface area (Å²) in [6.07, 6.45) is 0.851. The Morgan fingerprint density at radius 1 is 1.28 bits per heavy atom. The zero-order valence-corrected chi connectivity index (χ0v) is 12.3. The van der Waals surface area contributed by atoms with Gasteiger partial charge < -0.3 is 9.84 Å². The fourth-order valence-corrected chi connectivity index (χ4v) is 1.74.